The SMILES string of the molecule is CCCC(C)(N)C(=O)N(C)Cc1ccc(C(C)C)cc1. The van der Waals surface area contributed by atoms with Gasteiger partial charge in [0.15, 0.2) is 0 Å². The van der Waals surface area contributed by atoms with Gasteiger partial charge in [0.25, 0.3) is 0 Å². The molecule has 0 saturated carbocycles. The second-order valence-corrected chi connectivity index (χ2v) is 6.22. The summed E-state index contributed by atoms with van der Waals surface area (Å²) in [6, 6.07) is 8.44. The van der Waals surface area contributed by atoms with Gasteiger partial charge < -0.3 is 10.6 Å². The Kier molecular flexibility index (Phi) is 5.75. The zero-order chi connectivity index (χ0) is 15.3. The summed E-state index contributed by atoms with van der Waals surface area (Å²) in [5.74, 6) is 0.535. The van der Waals surface area contributed by atoms with Gasteiger partial charge in [-0.3, -0.25) is 4.79 Å². The molecule has 0 aliphatic rings. The van der Waals surface area contributed by atoms with E-state index in [1.807, 2.05) is 20.9 Å². The summed E-state index contributed by atoms with van der Waals surface area (Å²) < 4.78 is 0. The minimum Gasteiger partial charge on any atom is -0.340 e. The first-order valence-electron chi connectivity index (χ1n) is 7.41. The smallest absolute Gasteiger partial charge is 0.242 e. The molecule has 0 bridgehead atoms. The third kappa shape index (κ3) is 4.34. The molecule has 1 aromatic carbocycles. The molecule has 1 aromatic rings. The van der Waals surface area contributed by atoms with Gasteiger partial charge in [0.1, 0.15) is 0 Å². The molecule has 2 N–H and O–H groups in total. The monoisotopic (exact) mass is 276 g/mol. The van der Waals surface area contributed by atoms with Gasteiger partial charge in [-0.25, -0.2) is 0 Å². The number of carbonyl (C=O) groups excluding carboxylic acids is 1. The largest absolute Gasteiger partial charge is 0.340 e. The van der Waals surface area contributed by atoms with Crippen LogP contribution in [-0.4, -0.2) is 23.4 Å². The maximum atomic E-state index is 12.3. The van der Waals surface area contributed by atoms with E-state index in [4.69, 9.17) is 5.73 Å². The number of carbonyl (C=O) groups is 1. The van der Waals surface area contributed by atoms with Crippen LogP contribution >= 0.6 is 0 Å². The molecule has 112 valence electrons. The summed E-state index contributed by atoms with van der Waals surface area (Å²) in [5, 5.41) is 0. The lowest BCUT2D eigenvalue weighted by Gasteiger charge is -2.29. The van der Waals surface area contributed by atoms with E-state index < -0.39 is 5.54 Å². The van der Waals surface area contributed by atoms with E-state index in [-0.39, 0.29) is 5.91 Å². The van der Waals surface area contributed by atoms with Crippen LogP contribution in [0.4, 0.5) is 0 Å². The number of nitrogens with zero attached hydrogens (tertiary/aromatic N) is 1. The average molecular weight is 276 g/mol. The molecular weight excluding hydrogens is 248 g/mol. The van der Waals surface area contributed by atoms with Crippen molar-refractivity contribution in [2.75, 3.05) is 7.05 Å². The molecule has 0 saturated heterocycles. The Morgan fingerprint density at radius 2 is 1.85 bits per heavy atom. The molecule has 3 heteroatoms. The van der Waals surface area contributed by atoms with Crippen LogP contribution in [0.1, 0.15) is 57.6 Å². The summed E-state index contributed by atoms with van der Waals surface area (Å²) in [6.45, 7) is 8.82. The van der Waals surface area contributed by atoms with Crippen molar-refractivity contribution in [1.29, 1.82) is 0 Å². The van der Waals surface area contributed by atoms with Crippen molar-refractivity contribution in [3.63, 3.8) is 0 Å². The number of benzene rings is 1. The molecule has 1 unspecified atom stereocenters. The first-order chi connectivity index (χ1) is 9.27. The van der Waals surface area contributed by atoms with E-state index in [0.29, 0.717) is 18.9 Å². The maximum Gasteiger partial charge on any atom is 0.242 e. The zero-order valence-corrected chi connectivity index (χ0v) is 13.4. The number of rotatable bonds is 6. The standard InChI is InChI=1S/C17H28N2O/c1-6-11-17(4,18)16(20)19(5)12-14-7-9-15(10-8-14)13(2)3/h7-10,13H,6,11-12,18H2,1-5H3. The van der Waals surface area contributed by atoms with E-state index in [1.54, 1.807) is 4.90 Å². The topological polar surface area (TPSA) is 46.3 Å². The zero-order valence-electron chi connectivity index (χ0n) is 13.4. The quantitative estimate of drug-likeness (QED) is 0.866. The van der Waals surface area contributed by atoms with Gasteiger partial charge in [-0.05, 0) is 30.4 Å². The third-order valence-corrected chi connectivity index (χ3v) is 3.67. The van der Waals surface area contributed by atoms with Crippen molar-refractivity contribution in [3.8, 4) is 0 Å². The van der Waals surface area contributed by atoms with Crippen LogP contribution in [0.25, 0.3) is 0 Å². The molecule has 0 heterocycles. The van der Waals surface area contributed by atoms with Crippen molar-refractivity contribution in [1.82, 2.24) is 4.90 Å². The van der Waals surface area contributed by atoms with Crippen molar-refractivity contribution < 1.29 is 4.79 Å². The Bertz CT molecular complexity index is 435. The molecule has 0 fully saturated rings. The molecule has 1 rings (SSSR count). The normalized spacial score (nSPS) is 14.2. The molecule has 20 heavy (non-hydrogen) atoms. The van der Waals surface area contributed by atoms with Gasteiger partial charge >= 0.3 is 0 Å². The third-order valence-electron chi connectivity index (χ3n) is 3.67. The number of hydrogen-bond donors (Lipinski definition) is 1. The summed E-state index contributed by atoms with van der Waals surface area (Å²) in [6.07, 6.45) is 1.62. The van der Waals surface area contributed by atoms with E-state index in [0.717, 1.165) is 12.0 Å². The van der Waals surface area contributed by atoms with Crippen LogP contribution < -0.4 is 5.73 Å². The predicted molar refractivity (Wildman–Crippen MR) is 84.5 cm³/mol. The molecular formula is C17H28N2O. The highest BCUT2D eigenvalue weighted by Crippen LogP contribution is 2.17. The lowest BCUT2D eigenvalue weighted by Crippen LogP contribution is -2.51. The molecule has 0 aromatic heterocycles. The van der Waals surface area contributed by atoms with Crippen molar-refractivity contribution in [2.45, 2.75) is 58.5 Å². The summed E-state index contributed by atoms with van der Waals surface area (Å²) in [5.41, 5.74) is 7.79. The molecule has 0 radical (unpaired) electrons. The Morgan fingerprint density at radius 1 is 1.30 bits per heavy atom. The fourth-order valence-electron chi connectivity index (χ4n) is 2.42. The summed E-state index contributed by atoms with van der Waals surface area (Å²) >= 11 is 0. The average Bonchev–Trinajstić information content (AvgIpc) is 2.38. The lowest BCUT2D eigenvalue weighted by atomic mass is 9.95. The molecule has 1 atom stereocenters. The van der Waals surface area contributed by atoms with E-state index in [9.17, 15) is 4.79 Å². The van der Waals surface area contributed by atoms with Gasteiger partial charge in [0.05, 0.1) is 5.54 Å². The van der Waals surface area contributed by atoms with Crippen LogP contribution in [0.2, 0.25) is 0 Å². The van der Waals surface area contributed by atoms with E-state index >= 15 is 0 Å². The lowest BCUT2D eigenvalue weighted by molar-refractivity contribution is -0.135. The Labute approximate surface area is 123 Å². The molecule has 3 nitrogen and oxygen atoms in total. The first kappa shape index (κ1) is 16.7. The highest BCUT2D eigenvalue weighted by Gasteiger charge is 2.29. The number of amides is 1. The second-order valence-electron chi connectivity index (χ2n) is 6.22. The summed E-state index contributed by atoms with van der Waals surface area (Å²) in [4.78, 5) is 14.1. The van der Waals surface area contributed by atoms with Crippen molar-refractivity contribution in [3.05, 3.63) is 35.4 Å². The maximum absolute atomic E-state index is 12.3. The summed E-state index contributed by atoms with van der Waals surface area (Å²) in [7, 11) is 1.82. The predicted octanol–water partition coefficient (Wildman–Crippen LogP) is 3.29. The van der Waals surface area contributed by atoms with Crippen LogP contribution in [0.15, 0.2) is 24.3 Å². The highest BCUT2D eigenvalue weighted by atomic mass is 16.2. The molecule has 0 aliphatic carbocycles. The van der Waals surface area contributed by atoms with Gasteiger partial charge in [0, 0.05) is 13.6 Å². The van der Waals surface area contributed by atoms with Crippen LogP contribution in [0.5, 0.6) is 0 Å². The van der Waals surface area contributed by atoms with E-state index in [1.165, 1.54) is 5.56 Å². The Hall–Kier alpha value is -1.35. The minimum atomic E-state index is -0.763. The Morgan fingerprint density at radius 3 is 2.30 bits per heavy atom. The number of hydrogen-bond acceptors (Lipinski definition) is 2. The number of likely N-dealkylation sites (N-methyl/N-ethyl adjacent to an activating group) is 1. The highest BCUT2D eigenvalue weighted by molar-refractivity contribution is 5.85. The van der Waals surface area contributed by atoms with Crippen molar-refractivity contribution in [2.24, 2.45) is 5.73 Å². The van der Waals surface area contributed by atoms with Crippen LogP contribution in [0, 0.1) is 0 Å². The van der Waals surface area contributed by atoms with Gasteiger partial charge in [-0.1, -0.05) is 51.5 Å². The molecule has 0 spiro atoms. The van der Waals surface area contributed by atoms with Crippen LogP contribution in [-0.2, 0) is 11.3 Å². The fraction of sp³-hybridized carbons (Fsp3) is 0.588. The minimum absolute atomic E-state index is 0.00675. The van der Waals surface area contributed by atoms with Gasteiger partial charge in [-0.15, -0.1) is 0 Å². The number of nitrogens with two attached hydrogens (primary N) is 1. The van der Waals surface area contributed by atoms with E-state index in [2.05, 4.69) is 38.1 Å². The first-order valence-corrected chi connectivity index (χ1v) is 7.41. The van der Waals surface area contributed by atoms with Crippen LogP contribution in [0.3, 0.4) is 0 Å². The molecule has 0 aliphatic heterocycles. The molecule has 1 amide bonds. The fourth-order valence-corrected chi connectivity index (χ4v) is 2.42. The van der Waals surface area contributed by atoms with Crippen molar-refractivity contribution >= 4 is 5.91 Å². The Balaban J connectivity index is 2.70. The van der Waals surface area contributed by atoms with Gasteiger partial charge in [-0.2, -0.15) is 0 Å². The second kappa shape index (κ2) is 6.89. The van der Waals surface area contributed by atoms with Gasteiger partial charge in [0.2, 0.25) is 5.91 Å².